The van der Waals surface area contributed by atoms with Crippen LogP contribution in [0.2, 0.25) is 0 Å². The fourth-order valence-corrected chi connectivity index (χ4v) is 3.52. The number of nitrogens with zero attached hydrogens (tertiary/aromatic N) is 4. The van der Waals surface area contributed by atoms with Gasteiger partial charge in [0.1, 0.15) is 0 Å². The number of carboxylic acid groups (broad SMARTS) is 1. The van der Waals surface area contributed by atoms with Crippen molar-refractivity contribution >= 4 is 17.0 Å². The lowest BCUT2D eigenvalue weighted by Crippen LogP contribution is -2.13. The summed E-state index contributed by atoms with van der Waals surface area (Å²) in [5.74, 6) is -0.871. The number of aromatic carboxylic acids is 1. The van der Waals surface area contributed by atoms with Crippen LogP contribution >= 0.6 is 0 Å². The summed E-state index contributed by atoms with van der Waals surface area (Å²) in [4.78, 5) is 21.3. The molecule has 3 rings (SSSR count). The summed E-state index contributed by atoms with van der Waals surface area (Å²) in [6.07, 6.45) is 6.86. The van der Waals surface area contributed by atoms with Gasteiger partial charge in [-0.15, -0.1) is 0 Å². The first-order valence-electron chi connectivity index (χ1n) is 9.06. The molecule has 0 aliphatic heterocycles. The Morgan fingerprint density at radius 3 is 2.50 bits per heavy atom. The molecular formula is C20H24N4O2. The van der Waals surface area contributed by atoms with E-state index in [2.05, 4.69) is 23.9 Å². The van der Waals surface area contributed by atoms with Crippen LogP contribution in [0, 0.1) is 6.92 Å². The Bertz CT molecular complexity index is 958. The molecule has 0 radical (unpaired) electrons. The van der Waals surface area contributed by atoms with Crippen LogP contribution in [0.25, 0.3) is 22.2 Å². The molecule has 6 heteroatoms. The number of carbonyl (C=O) groups is 1. The Hall–Kier alpha value is -2.76. The largest absolute Gasteiger partial charge is 0.478 e. The van der Waals surface area contributed by atoms with E-state index in [-0.39, 0.29) is 11.5 Å². The van der Waals surface area contributed by atoms with Crippen molar-refractivity contribution in [2.24, 2.45) is 0 Å². The molecule has 0 spiro atoms. The molecule has 136 valence electrons. The number of hydrogen-bond donors (Lipinski definition) is 1. The SMILES string of the molecule is CCC(CC)c1nc2c(cnn2CC)c(-c2cncc(C)c2)c1C(=O)O. The monoisotopic (exact) mass is 352 g/mol. The van der Waals surface area contributed by atoms with E-state index in [1.807, 2.05) is 24.6 Å². The number of pyridine rings is 2. The van der Waals surface area contributed by atoms with Gasteiger partial charge in [0.2, 0.25) is 0 Å². The number of aromatic nitrogens is 4. The van der Waals surface area contributed by atoms with Gasteiger partial charge in [-0.25, -0.2) is 14.5 Å². The number of hydrogen-bond acceptors (Lipinski definition) is 4. The van der Waals surface area contributed by atoms with Gasteiger partial charge in [0.25, 0.3) is 0 Å². The van der Waals surface area contributed by atoms with Crippen LogP contribution in [-0.2, 0) is 6.54 Å². The molecule has 3 heterocycles. The van der Waals surface area contributed by atoms with Crippen molar-refractivity contribution in [2.75, 3.05) is 0 Å². The molecule has 6 nitrogen and oxygen atoms in total. The number of rotatable bonds is 6. The Morgan fingerprint density at radius 2 is 1.92 bits per heavy atom. The van der Waals surface area contributed by atoms with Crippen LogP contribution < -0.4 is 0 Å². The van der Waals surface area contributed by atoms with Crippen molar-refractivity contribution in [3.05, 3.63) is 41.5 Å². The van der Waals surface area contributed by atoms with E-state index in [9.17, 15) is 9.90 Å². The molecule has 1 N–H and O–H groups in total. The van der Waals surface area contributed by atoms with E-state index >= 15 is 0 Å². The quantitative estimate of drug-likeness (QED) is 0.710. The van der Waals surface area contributed by atoms with E-state index in [1.54, 1.807) is 18.6 Å². The fourth-order valence-electron chi connectivity index (χ4n) is 3.52. The van der Waals surface area contributed by atoms with Gasteiger partial charge in [-0.1, -0.05) is 13.8 Å². The van der Waals surface area contributed by atoms with Crippen molar-refractivity contribution in [3.8, 4) is 11.1 Å². The Kier molecular flexibility index (Phi) is 5.02. The third kappa shape index (κ3) is 2.96. The normalized spacial score (nSPS) is 11.4. The summed E-state index contributed by atoms with van der Waals surface area (Å²) >= 11 is 0. The molecule has 26 heavy (non-hydrogen) atoms. The third-order valence-corrected chi connectivity index (χ3v) is 4.86. The van der Waals surface area contributed by atoms with E-state index in [0.29, 0.717) is 17.8 Å². The lowest BCUT2D eigenvalue weighted by atomic mass is 9.89. The first-order chi connectivity index (χ1) is 12.5. The van der Waals surface area contributed by atoms with Gasteiger partial charge in [-0.3, -0.25) is 4.98 Å². The lowest BCUT2D eigenvalue weighted by molar-refractivity contribution is 0.0695. The van der Waals surface area contributed by atoms with Crippen molar-refractivity contribution < 1.29 is 9.90 Å². The molecular weight excluding hydrogens is 328 g/mol. The molecule has 0 fully saturated rings. The minimum Gasteiger partial charge on any atom is -0.478 e. The highest BCUT2D eigenvalue weighted by Crippen LogP contribution is 2.37. The number of carboxylic acids is 1. The van der Waals surface area contributed by atoms with Crippen LogP contribution in [0.15, 0.2) is 24.7 Å². The Balaban J connectivity index is 2.48. The van der Waals surface area contributed by atoms with Crippen LogP contribution in [0.4, 0.5) is 0 Å². The predicted octanol–water partition coefficient (Wildman–Crippen LogP) is 4.42. The highest BCUT2D eigenvalue weighted by molar-refractivity contribution is 6.06. The van der Waals surface area contributed by atoms with Crippen LogP contribution in [0.1, 0.15) is 61.1 Å². The molecule has 0 aliphatic rings. The molecule has 0 saturated carbocycles. The first kappa shape index (κ1) is 18.0. The van der Waals surface area contributed by atoms with E-state index < -0.39 is 5.97 Å². The summed E-state index contributed by atoms with van der Waals surface area (Å²) in [6.45, 7) is 8.76. The molecule has 0 aromatic carbocycles. The Labute approximate surface area is 152 Å². The van der Waals surface area contributed by atoms with Crippen LogP contribution in [0.5, 0.6) is 0 Å². The van der Waals surface area contributed by atoms with E-state index in [1.165, 1.54) is 0 Å². The zero-order valence-corrected chi connectivity index (χ0v) is 15.7. The molecule has 0 unspecified atom stereocenters. The highest BCUT2D eigenvalue weighted by Gasteiger charge is 2.27. The second-order valence-electron chi connectivity index (χ2n) is 6.51. The van der Waals surface area contributed by atoms with E-state index in [0.717, 1.165) is 35.0 Å². The Morgan fingerprint density at radius 1 is 1.19 bits per heavy atom. The van der Waals surface area contributed by atoms with Crippen LogP contribution in [0.3, 0.4) is 0 Å². The third-order valence-electron chi connectivity index (χ3n) is 4.86. The second kappa shape index (κ2) is 7.23. The summed E-state index contributed by atoms with van der Waals surface area (Å²) in [5, 5.41) is 15.2. The maximum Gasteiger partial charge on any atom is 0.338 e. The maximum atomic E-state index is 12.3. The average molecular weight is 352 g/mol. The van der Waals surface area contributed by atoms with Gasteiger partial charge < -0.3 is 5.11 Å². The zero-order valence-electron chi connectivity index (χ0n) is 15.7. The van der Waals surface area contributed by atoms with Gasteiger partial charge in [0.05, 0.1) is 17.5 Å². The molecule has 0 saturated heterocycles. The topological polar surface area (TPSA) is 80.9 Å². The summed E-state index contributed by atoms with van der Waals surface area (Å²) in [7, 11) is 0. The summed E-state index contributed by atoms with van der Waals surface area (Å²) in [5.41, 5.74) is 4.08. The van der Waals surface area contributed by atoms with Gasteiger partial charge >= 0.3 is 5.97 Å². The van der Waals surface area contributed by atoms with E-state index in [4.69, 9.17) is 4.98 Å². The van der Waals surface area contributed by atoms with Crippen molar-refractivity contribution in [2.45, 2.75) is 53.0 Å². The molecule has 0 aliphatic carbocycles. The van der Waals surface area contributed by atoms with Gasteiger partial charge in [-0.2, -0.15) is 5.10 Å². The number of aryl methyl sites for hydroxylation is 2. The van der Waals surface area contributed by atoms with Gasteiger partial charge in [-0.05, 0) is 38.3 Å². The predicted molar refractivity (Wildman–Crippen MR) is 101 cm³/mol. The van der Waals surface area contributed by atoms with Gasteiger partial charge in [0.15, 0.2) is 5.65 Å². The first-order valence-corrected chi connectivity index (χ1v) is 9.06. The highest BCUT2D eigenvalue weighted by atomic mass is 16.4. The smallest absolute Gasteiger partial charge is 0.338 e. The average Bonchev–Trinajstić information content (AvgIpc) is 3.04. The van der Waals surface area contributed by atoms with Crippen molar-refractivity contribution in [1.29, 1.82) is 0 Å². The van der Waals surface area contributed by atoms with Gasteiger partial charge in [0, 0.05) is 41.4 Å². The minimum absolute atomic E-state index is 0.0854. The molecule has 0 atom stereocenters. The zero-order chi connectivity index (χ0) is 18.8. The van der Waals surface area contributed by atoms with Crippen LogP contribution in [-0.4, -0.2) is 30.8 Å². The maximum absolute atomic E-state index is 12.3. The standard InChI is InChI=1S/C20H24N4O2/c1-5-13(6-2)18-17(20(25)26)16(14-8-12(4)9-21-10-14)15-11-22-24(7-3)19(15)23-18/h8-11,13H,5-7H2,1-4H3,(H,25,26). The summed E-state index contributed by atoms with van der Waals surface area (Å²) < 4.78 is 1.82. The molecule has 3 aromatic heterocycles. The summed E-state index contributed by atoms with van der Waals surface area (Å²) in [6, 6.07) is 1.97. The minimum atomic E-state index is -0.956. The van der Waals surface area contributed by atoms with Crippen molar-refractivity contribution in [3.63, 3.8) is 0 Å². The lowest BCUT2D eigenvalue weighted by Gasteiger charge is -2.19. The molecule has 0 amide bonds. The second-order valence-corrected chi connectivity index (χ2v) is 6.51. The number of fused-ring (bicyclic) bond motifs is 1. The molecule has 0 bridgehead atoms. The van der Waals surface area contributed by atoms with Crippen molar-refractivity contribution in [1.82, 2.24) is 19.7 Å². The molecule has 3 aromatic rings. The fraction of sp³-hybridized carbons (Fsp3) is 0.400.